The zero-order valence-electron chi connectivity index (χ0n) is 16.2. The van der Waals surface area contributed by atoms with Gasteiger partial charge >= 0.3 is 17.9 Å². The van der Waals surface area contributed by atoms with Gasteiger partial charge in [-0.25, -0.2) is 0 Å². The molecule has 0 saturated carbocycles. The second kappa shape index (κ2) is 9.99. The van der Waals surface area contributed by atoms with Crippen LogP contribution in [0.4, 0.5) is 0 Å². The molecule has 2 rings (SSSR count). The Balaban J connectivity index is 2.30. The summed E-state index contributed by atoms with van der Waals surface area (Å²) in [7, 11) is 0. The van der Waals surface area contributed by atoms with Gasteiger partial charge in [0.05, 0.1) is 0 Å². The first-order chi connectivity index (χ1) is 13.7. The topological polar surface area (TPSA) is 137 Å². The summed E-state index contributed by atoms with van der Waals surface area (Å²) < 4.78 is 20.8. The Morgan fingerprint density at radius 3 is 2.10 bits per heavy atom. The van der Waals surface area contributed by atoms with Crippen molar-refractivity contribution in [3.63, 3.8) is 0 Å². The van der Waals surface area contributed by atoms with Gasteiger partial charge in [0.2, 0.25) is 0 Å². The molecular formula is C19H23NO9. The van der Waals surface area contributed by atoms with Crippen LogP contribution in [0.3, 0.4) is 0 Å². The van der Waals surface area contributed by atoms with Crippen molar-refractivity contribution >= 4 is 23.8 Å². The van der Waals surface area contributed by atoms with Crippen LogP contribution in [0.25, 0.3) is 0 Å². The number of nitrogens with one attached hydrogen (secondary N) is 1. The minimum atomic E-state index is -1.63. The maximum absolute atomic E-state index is 12.5. The lowest BCUT2D eigenvalue weighted by molar-refractivity contribution is -0.263. The van der Waals surface area contributed by atoms with Crippen molar-refractivity contribution in [2.75, 3.05) is 6.61 Å². The van der Waals surface area contributed by atoms with Gasteiger partial charge in [0.1, 0.15) is 18.8 Å². The van der Waals surface area contributed by atoms with Gasteiger partial charge < -0.3 is 29.4 Å². The van der Waals surface area contributed by atoms with Crippen LogP contribution in [0.5, 0.6) is 0 Å². The fourth-order valence-corrected chi connectivity index (χ4v) is 2.90. The largest absolute Gasteiger partial charge is 0.463 e. The Morgan fingerprint density at radius 2 is 1.55 bits per heavy atom. The molecule has 0 aromatic heterocycles. The number of benzene rings is 1. The van der Waals surface area contributed by atoms with E-state index in [9.17, 15) is 24.3 Å². The van der Waals surface area contributed by atoms with E-state index < -0.39 is 54.5 Å². The summed E-state index contributed by atoms with van der Waals surface area (Å²) in [6.07, 6.45) is -5.26. The standard InChI is InChI=1S/C19H23NO9/c1-10(21)26-9-14-16(27-11(2)22)17(28-12(3)23)15(19(25)29-14)20-18(24)13-7-5-4-6-8-13/h4-8,14-17,19,25H,9H2,1-3H3,(H,20,24)/t14-,15-,16+,17+,19+/m0/s1. The molecule has 1 aliphatic heterocycles. The van der Waals surface area contributed by atoms with E-state index in [0.29, 0.717) is 5.56 Å². The zero-order chi connectivity index (χ0) is 21.6. The molecular weight excluding hydrogens is 386 g/mol. The molecule has 1 aromatic carbocycles. The average Bonchev–Trinajstić information content (AvgIpc) is 2.65. The van der Waals surface area contributed by atoms with Crippen LogP contribution < -0.4 is 5.32 Å². The van der Waals surface area contributed by atoms with Crippen molar-refractivity contribution in [2.24, 2.45) is 0 Å². The summed E-state index contributed by atoms with van der Waals surface area (Å²) in [5.41, 5.74) is 0.298. The number of amides is 1. The summed E-state index contributed by atoms with van der Waals surface area (Å²) in [6, 6.07) is 6.91. The Morgan fingerprint density at radius 1 is 0.966 bits per heavy atom. The van der Waals surface area contributed by atoms with E-state index in [2.05, 4.69) is 5.32 Å². The van der Waals surface area contributed by atoms with E-state index in [-0.39, 0.29) is 6.61 Å². The van der Waals surface area contributed by atoms with E-state index in [1.165, 1.54) is 6.92 Å². The molecule has 1 aromatic rings. The van der Waals surface area contributed by atoms with E-state index in [1.807, 2.05) is 0 Å². The fourth-order valence-electron chi connectivity index (χ4n) is 2.90. The highest BCUT2D eigenvalue weighted by atomic mass is 16.7. The second-order valence-electron chi connectivity index (χ2n) is 6.38. The molecule has 10 heteroatoms. The van der Waals surface area contributed by atoms with Crippen LogP contribution in [0.15, 0.2) is 30.3 Å². The highest BCUT2D eigenvalue weighted by Gasteiger charge is 2.50. The smallest absolute Gasteiger partial charge is 0.303 e. The molecule has 158 valence electrons. The van der Waals surface area contributed by atoms with Gasteiger partial charge in [-0.2, -0.15) is 0 Å². The number of carbonyl (C=O) groups is 4. The molecule has 1 fully saturated rings. The van der Waals surface area contributed by atoms with Crippen molar-refractivity contribution in [3.8, 4) is 0 Å². The number of hydrogen-bond donors (Lipinski definition) is 2. The monoisotopic (exact) mass is 409 g/mol. The fraction of sp³-hybridized carbons (Fsp3) is 0.474. The number of carbonyl (C=O) groups excluding carboxylic acids is 4. The molecule has 0 bridgehead atoms. The summed E-state index contributed by atoms with van der Waals surface area (Å²) in [4.78, 5) is 46.9. The number of hydrogen-bond acceptors (Lipinski definition) is 9. The molecule has 1 amide bonds. The number of rotatable bonds is 6. The van der Waals surface area contributed by atoms with Gasteiger partial charge in [-0.15, -0.1) is 0 Å². The minimum absolute atomic E-state index is 0.298. The van der Waals surface area contributed by atoms with Crippen LogP contribution in [-0.4, -0.2) is 66.2 Å². The normalized spacial score (nSPS) is 26.1. The zero-order valence-corrected chi connectivity index (χ0v) is 16.2. The van der Waals surface area contributed by atoms with Crippen molar-refractivity contribution in [3.05, 3.63) is 35.9 Å². The van der Waals surface area contributed by atoms with Crippen molar-refractivity contribution < 1.29 is 43.2 Å². The first-order valence-electron chi connectivity index (χ1n) is 8.86. The van der Waals surface area contributed by atoms with Crippen LogP contribution in [-0.2, 0) is 33.3 Å². The lowest BCUT2D eigenvalue weighted by Crippen LogP contribution is -2.66. The third-order valence-corrected chi connectivity index (χ3v) is 4.05. The molecule has 5 atom stereocenters. The minimum Gasteiger partial charge on any atom is -0.463 e. The first-order valence-corrected chi connectivity index (χ1v) is 8.86. The number of aliphatic hydroxyl groups excluding tert-OH is 1. The highest BCUT2D eigenvalue weighted by molar-refractivity contribution is 5.94. The first kappa shape index (κ1) is 22.3. The maximum atomic E-state index is 12.5. The predicted octanol–water partition coefficient (Wildman–Crippen LogP) is -0.0713. The summed E-state index contributed by atoms with van der Waals surface area (Å²) in [5, 5.41) is 13.0. The molecule has 0 unspecified atom stereocenters. The molecule has 1 aliphatic rings. The van der Waals surface area contributed by atoms with E-state index >= 15 is 0 Å². The van der Waals surface area contributed by atoms with E-state index in [4.69, 9.17) is 18.9 Å². The van der Waals surface area contributed by atoms with Gasteiger partial charge in [-0.1, -0.05) is 18.2 Å². The molecule has 1 saturated heterocycles. The van der Waals surface area contributed by atoms with E-state index in [0.717, 1.165) is 13.8 Å². The second-order valence-corrected chi connectivity index (χ2v) is 6.38. The van der Waals surface area contributed by atoms with Crippen LogP contribution in [0.2, 0.25) is 0 Å². The molecule has 0 aliphatic carbocycles. The van der Waals surface area contributed by atoms with Gasteiger partial charge in [-0.05, 0) is 12.1 Å². The van der Waals surface area contributed by atoms with Crippen molar-refractivity contribution in [1.82, 2.24) is 5.32 Å². The third kappa shape index (κ3) is 6.26. The molecule has 10 nitrogen and oxygen atoms in total. The predicted molar refractivity (Wildman–Crippen MR) is 96.3 cm³/mol. The van der Waals surface area contributed by atoms with E-state index in [1.54, 1.807) is 30.3 Å². The van der Waals surface area contributed by atoms with Crippen LogP contribution in [0.1, 0.15) is 31.1 Å². The summed E-state index contributed by atoms with van der Waals surface area (Å²) >= 11 is 0. The molecule has 1 heterocycles. The Kier molecular flexibility index (Phi) is 7.68. The molecule has 29 heavy (non-hydrogen) atoms. The van der Waals surface area contributed by atoms with Crippen molar-refractivity contribution in [1.29, 1.82) is 0 Å². The van der Waals surface area contributed by atoms with Crippen LogP contribution >= 0.6 is 0 Å². The van der Waals surface area contributed by atoms with Gasteiger partial charge in [-0.3, -0.25) is 19.2 Å². The highest BCUT2D eigenvalue weighted by Crippen LogP contribution is 2.26. The van der Waals surface area contributed by atoms with Gasteiger partial charge in [0, 0.05) is 26.3 Å². The van der Waals surface area contributed by atoms with Gasteiger partial charge in [0.25, 0.3) is 5.91 Å². The lowest BCUT2D eigenvalue weighted by atomic mass is 9.96. The average molecular weight is 409 g/mol. The summed E-state index contributed by atoms with van der Waals surface area (Å²) in [5.74, 6) is -2.62. The molecule has 0 spiro atoms. The quantitative estimate of drug-likeness (QED) is 0.488. The molecule has 0 radical (unpaired) electrons. The molecule has 2 N–H and O–H groups in total. The number of esters is 3. The summed E-state index contributed by atoms with van der Waals surface area (Å²) in [6.45, 7) is 3.08. The Hall–Kier alpha value is -2.98. The van der Waals surface area contributed by atoms with Crippen molar-refractivity contribution in [2.45, 2.75) is 51.4 Å². The Labute approximate surface area is 167 Å². The Bertz CT molecular complexity index is 751. The van der Waals surface area contributed by atoms with Gasteiger partial charge in [0.15, 0.2) is 18.5 Å². The maximum Gasteiger partial charge on any atom is 0.303 e. The SMILES string of the molecule is CC(=O)OC[C@@H]1O[C@@H](O)[C@@H](NC(=O)c2ccccc2)[C@@H](OC(C)=O)[C@@H]1OC(C)=O. The third-order valence-electron chi connectivity index (χ3n) is 4.05. The number of ether oxygens (including phenoxy) is 4. The lowest BCUT2D eigenvalue weighted by Gasteiger charge is -2.43. The number of aliphatic hydroxyl groups is 1. The van der Waals surface area contributed by atoms with Crippen LogP contribution in [0, 0.1) is 0 Å².